The Balaban J connectivity index is 1.60. The van der Waals surface area contributed by atoms with Crippen LogP contribution in [0.2, 0.25) is 0 Å². The van der Waals surface area contributed by atoms with Gasteiger partial charge in [-0.3, -0.25) is 9.69 Å². The lowest BCUT2D eigenvalue weighted by atomic mass is 9.93. The quantitative estimate of drug-likeness (QED) is 0.445. The van der Waals surface area contributed by atoms with E-state index in [0.717, 1.165) is 44.1 Å². The van der Waals surface area contributed by atoms with Gasteiger partial charge in [0.05, 0.1) is 57.3 Å². The fraction of sp³-hybridized carbons (Fsp3) is 0.519. The van der Waals surface area contributed by atoms with Gasteiger partial charge in [-0.25, -0.2) is 9.79 Å². The Bertz CT molecular complexity index is 1140. The van der Waals surface area contributed by atoms with Crippen LogP contribution in [0.5, 0.6) is 11.5 Å². The van der Waals surface area contributed by atoms with Crippen molar-refractivity contribution in [2.75, 3.05) is 53.6 Å². The van der Waals surface area contributed by atoms with Gasteiger partial charge in [0.1, 0.15) is 11.5 Å². The van der Waals surface area contributed by atoms with Crippen molar-refractivity contribution < 1.29 is 28.5 Å². The Hall–Kier alpha value is -3.02. The number of benzene rings is 1. The molecular formula is C27H36N4O6S. The molecule has 0 unspecified atom stereocenters. The zero-order valence-electron chi connectivity index (χ0n) is 22.6. The molecule has 0 aliphatic carbocycles. The molecule has 0 radical (unpaired) electrons. The predicted octanol–water partition coefficient (Wildman–Crippen LogP) is 3.07. The second kappa shape index (κ2) is 12.7. The Labute approximate surface area is 228 Å². The Morgan fingerprint density at radius 2 is 1.97 bits per heavy atom. The number of nitrogens with zero attached hydrogens (tertiary/aromatic N) is 3. The first-order chi connectivity index (χ1) is 18.3. The van der Waals surface area contributed by atoms with E-state index in [1.165, 1.54) is 11.8 Å². The molecule has 1 saturated heterocycles. The number of hydrogen-bond donors (Lipinski definition) is 1. The number of morpholine rings is 1. The summed E-state index contributed by atoms with van der Waals surface area (Å²) in [5.74, 6) is 0.650. The molecule has 4 rings (SSSR count). The monoisotopic (exact) mass is 544 g/mol. The number of amidine groups is 1. The minimum Gasteiger partial charge on any atom is -0.497 e. The molecular weight excluding hydrogens is 508 g/mol. The molecule has 0 bridgehead atoms. The van der Waals surface area contributed by atoms with Crippen LogP contribution in [0, 0.1) is 0 Å². The number of amides is 1. The highest BCUT2D eigenvalue weighted by Gasteiger charge is 2.42. The topological polar surface area (TPSA) is 102 Å². The summed E-state index contributed by atoms with van der Waals surface area (Å²) >= 11 is 1.43. The van der Waals surface area contributed by atoms with Crippen molar-refractivity contribution in [2.24, 2.45) is 4.99 Å². The van der Waals surface area contributed by atoms with E-state index in [-0.39, 0.29) is 18.4 Å². The van der Waals surface area contributed by atoms with Crippen LogP contribution in [0.1, 0.15) is 38.8 Å². The van der Waals surface area contributed by atoms with Gasteiger partial charge in [-0.1, -0.05) is 11.8 Å². The number of thioether (sulfide) groups is 1. The molecule has 1 aromatic rings. The number of ether oxygens (including phenoxy) is 4. The summed E-state index contributed by atoms with van der Waals surface area (Å²) in [5.41, 5.74) is 2.48. The maximum atomic E-state index is 13.4. The molecule has 1 atom stereocenters. The van der Waals surface area contributed by atoms with Crippen molar-refractivity contribution in [3.63, 3.8) is 0 Å². The van der Waals surface area contributed by atoms with Gasteiger partial charge in [-0.15, -0.1) is 0 Å². The van der Waals surface area contributed by atoms with Gasteiger partial charge in [0, 0.05) is 43.5 Å². The summed E-state index contributed by atoms with van der Waals surface area (Å²) in [6.07, 6.45) is -0.151. The maximum absolute atomic E-state index is 13.4. The van der Waals surface area contributed by atoms with Crippen molar-refractivity contribution in [3.8, 4) is 11.5 Å². The third-order valence-electron chi connectivity index (χ3n) is 6.49. The van der Waals surface area contributed by atoms with Crippen molar-refractivity contribution >= 4 is 28.8 Å². The normalized spacial score (nSPS) is 19.6. The average molecular weight is 545 g/mol. The third kappa shape index (κ3) is 6.33. The smallest absolute Gasteiger partial charge is 0.338 e. The first-order valence-electron chi connectivity index (χ1n) is 12.8. The lowest BCUT2D eigenvalue weighted by Gasteiger charge is -2.37. The zero-order chi connectivity index (χ0) is 27.2. The SMILES string of the molecule is COc1ccc([C@H]2C(C(=O)OC(C)C)=C(C)N=C3SC=C(CC(=O)NCCN4CCOCC4)N32)c(OC)c1. The van der Waals surface area contributed by atoms with Crippen LogP contribution >= 0.6 is 11.8 Å². The molecule has 38 heavy (non-hydrogen) atoms. The second-order valence-corrected chi connectivity index (χ2v) is 10.3. The van der Waals surface area contributed by atoms with E-state index in [9.17, 15) is 9.59 Å². The van der Waals surface area contributed by atoms with Crippen LogP contribution in [-0.4, -0.2) is 86.6 Å². The molecule has 1 fully saturated rings. The Kier molecular flexibility index (Phi) is 9.35. The molecule has 1 aromatic carbocycles. The lowest BCUT2D eigenvalue weighted by molar-refractivity contribution is -0.143. The predicted molar refractivity (Wildman–Crippen MR) is 146 cm³/mol. The number of aliphatic imine (C=N–C) groups is 1. The number of nitrogens with one attached hydrogen (secondary N) is 1. The summed E-state index contributed by atoms with van der Waals surface area (Å²) in [6, 6.07) is 4.91. The first-order valence-corrected chi connectivity index (χ1v) is 13.6. The van der Waals surface area contributed by atoms with Crippen molar-refractivity contribution in [2.45, 2.75) is 39.3 Å². The largest absolute Gasteiger partial charge is 0.497 e. The molecule has 0 spiro atoms. The number of fused-ring (bicyclic) bond motifs is 1. The van der Waals surface area contributed by atoms with Gasteiger partial charge in [0.25, 0.3) is 0 Å². The molecule has 0 saturated carbocycles. The number of esters is 1. The van der Waals surface area contributed by atoms with E-state index in [4.69, 9.17) is 23.9 Å². The van der Waals surface area contributed by atoms with E-state index < -0.39 is 12.0 Å². The van der Waals surface area contributed by atoms with Gasteiger partial charge in [0.15, 0.2) is 5.17 Å². The molecule has 3 heterocycles. The summed E-state index contributed by atoms with van der Waals surface area (Å²) < 4.78 is 22.1. The van der Waals surface area contributed by atoms with E-state index in [2.05, 4.69) is 10.2 Å². The highest BCUT2D eigenvalue weighted by molar-refractivity contribution is 8.16. The Morgan fingerprint density at radius 3 is 2.66 bits per heavy atom. The van der Waals surface area contributed by atoms with Crippen molar-refractivity contribution in [1.29, 1.82) is 0 Å². The van der Waals surface area contributed by atoms with Gasteiger partial charge in [-0.05, 0) is 38.3 Å². The third-order valence-corrected chi connectivity index (χ3v) is 7.38. The minimum atomic E-state index is -0.586. The first kappa shape index (κ1) is 28.0. The number of carbonyl (C=O) groups is 2. The van der Waals surface area contributed by atoms with Crippen LogP contribution in [0.15, 0.2) is 45.6 Å². The lowest BCUT2D eigenvalue weighted by Crippen LogP contribution is -2.42. The second-order valence-electron chi connectivity index (χ2n) is 9.44. The van der Waals surface area contributed by atoms with Crippen LogP contribution in [0.25, 0.3) is 0 Å². The van der Waals surface area contributed by atoms with Crippen molar-refractivity contribution in [3.05, 3.63) is 46.1 Å². The molecule has 10 nitrogen and oxygen atoms in total. The van der Waals surface area contributed by atoms with Crippen LogP contribution in [0.4, 0.5) is 0 Å². The number of methoxy groups -OCH3 is 2. The van der Waals surface area contributed by atoms with E-state index in [0.29, 0.717) is 34.5 Å². The summed E-state index contributed by atoms with van der Waals surface area (Å²) in [6.45, 7) is 9.95. The molecule has 1 N–H and O–H groups in total. The number of hydrogen-bond acceptors (Lipinski definition) is 10. The van der Waals surface area contributed by atoms with Crippen LogP contribution in [0.3, 0.4) is 0 Å². The molecule has 3 aliphatic rings. The molecule has 0 aromatic heterocycles. The molecule has 1 amide bonds. The summed E-state index contributed by atoms with van der Waals surface area (Å²) in [5, 5.41) is 5.65. The minimum absolute atomic E-state index is 0.0932. The fourth-order valence-electron chi connectivity index (χ4n) is 4.65. The standard InChI is InChI=1S/C27H36N4O6S/c1-17(2)37-26(33)24-18(3)29-27-31(25(24)21-7-6-20(34-4)15-22(21)35-5)19(16-38-27)14-23(32)28-8-9-30-10-12-36-13-11-30/h6-7,15-17,25H,8-14H2,1-5H3,(H,28,32)/t25-/m0/s1. The van der Waals surface area contributed by atoms with Crippen LogP contribution in [-0.2, 0) is 19.1 Å². The van der Waals surface area contributed by atoms with Gasteiger partial charge in [0.2, 0.25) is 5.91 Å². The van der Waals surface area contributed by atoms with Crippen LogP contribution < -0.4 is 14.8 Å². The Morgan fingerprint density at radius 1 is 1.21 bits per heavy atom. The number of carbonyl (C=O) groups excluding carboxylic acids is 2. The van der Waals surface area contributed by atoms with Gasteiger partial charge >= 0.3 is 5.97 Å². The van der Waals surface area contributed by atoms with Crippen molar-refractivity contribution in [1.82, 2.24) is 15.1 Å². The van der Waals surface area contributed by atoms with Gasteiger partial charge < -0.3 is 29.2 Å². The fourth-order valence-corrected chi connectivity index (χ4v) is 5.62. The number of allylic oxidation sites excluding steroid dienone is 1. The highest BCUT2D eigenvalue weighted by Crippen LogP contribution is 2.47. The zero-order valence-corrected chi connectivity index (χ0v) is 23.4. The average Bonchev–Trinajstić information content (AvgIpc) is 3.29. The van der Waals surface area contributed by atoms with E-state index in [1.807, 2.05) is 36.3 Å². The van der Waals surface area contributed by atoms with E-state index in [1.54, 1.807) is 27.2 Å². The van der Waals surface area contributed by atoms with Gasteiger partial charge in [-0.2, -0.15) is 0 Å². The summed E-state index contributed by atoms with van der Waals surface area (Å²) in [7, 11) is 3.17. The van der Waals surface area contributed by atoms with E-state index >= 15 is 0 Å². The molecule has 206 valence electrons. The highest BCUT2D eigenvalue weighted by atomic mass is 32.2. The number of rotatable bonds is 10. The molecule has 11 heteroatoms. The molecule has 3 aliphatic heterocycles. The summed E-state index contributed by atoms with van der Waals surface area (Å²) in [4.78, 5) is 35.3. The maximum Gasteiger partial charge on any atom is 0.338 e.